The first kappa shape index (κ1) is 14.1. The minimum Gasteiger partial charge on any atom is -0.341 e. The lowest BCUT2D eigenvalue weighted by Gasteiger charge is -2.20. The number of nitrogens with zero attached hydrogens (tertiary/aromatic N) is 3. The van der Waals surface area contributed by atoms with Crippen LogP contribution in [0.4, 0.5) is 0 Å². The summed E-state index contributed by atoms with van der Waals surface area (Å²) in [7, 11) is 0. The number of rotatable bonds is 3. The third-order valence-corrected chi connectivity index (χ3v) is 4.55. The molecule has 3 heterocycles. The van der Waals surface area contributed by atoms with E-state index in [1.54, 1.807) is 0 Å². The first-order chi connectivity index (χ1) is 10.3. The number of amides is 1. The third-order valence-electron chi connectivity index (χ3n) is 3.68. The molecule has 21 heavy (non-hydrogen) atoms. The molecule has 7 heteroatoms. The summed E-state index contributed by atoms with van der Waals surface area (Å²) >= 11 is 1.46. The molecule has 1 aliphatic rings. The average Bonchev–Trinajstić information content (AvgIpc) is 3.02. The highest BCUT2D eigenvalue weighted by Crippen LogP contribution is 2.21. The van der Waals surface area contributed by atoms with Gasteiger partial charge in [-0.1, -0.05) is 24.1 Å². The van der Waals surface area contributed by atoms with Gasteiger partial charge >= 0.3 is 5.76 Å². The Balaban J connectivity index is 1.80. The molecule has 0 bridgehead atoms. The lowest BCUT2D eigenvalue weighted by atomic mass is 10.2. The third kappa shape index (κ3) is 3.07. The number of likely N-dealkylation sites (tertiary alicyclic amines) is 1. The van der Waals surface area contributed by atoms with Crippen LogP contribution in [0.15, 0.2) is 26.8 Å². The van der Waals surface area contributed by atoms with Gasteiger partial charge in [0.15, 0.2) is 5.82 Å². The molecule has 0 aromatic carbocycles. The molecule has 2 aromatic rings. The molecule has 0 N–H and O–H groups in total. The van der Waals surface area contributed by atoms with Crippen LogP contribution in [0.1, 0.15) is 25.7 Å². The quantitative estimate of drug-likeness (QED) is 0.869. The largest absolute Gasteiger partial charge is 0.442 e. The van der Waals surface area contributed by atoms with Gasteiger partial charge in [-0.15, -0.1) is 11.3 Å². The molecule has 6 nitrogen and oxygen atoms in total. The summed E-state index contributed by atoms with van der Waals surface area (Å²) in [5.74, 6) is -0.195. The second kappa shape index (κ2) is 6.26. The van der Waals surface area contributed by atoms with Crippen molar-refractivity contribution in [3.05, 3.63) is 28.1 Å². The predicted octanol–water partition coefficient (Wildman–Crippen LogP) is 1.97. The predicted molar refractivity (Wildman–Crippen MR) is 79.1 cm³/mol. The van der Waals surface area contributed by atoms with Crippen LogP contribution in [-0.2, 0) is 11.3 Å². The van der Waals surface area contributed by atoms with Crippen molar-refractivity contribution < 1.29 is 9.32 Å². The summed E-state index contributed by atoms with van der Waals surface area (Å²) in [6, 6.07) is 3.73. The molecular formula is C14H17N3O3S. The molecule has 0 atom stereocenters. The summed E-state index contributed by atoms with van der Waals surface area (Å²) in [5, 5.41) is 5.69. The summed E-state index contributed by atoms with van der Waals surface area (Å²) in [4.78, 5) is 26.8. The molecule has 0 aliphatic carbocycles. The average molecular weight is 307 g/mol. The van der Waals surface area contributed by atoms with Gasteiger partial charge in [0.05, 0.1) is 4.88 Å². The normalized spacial score (nSPS) is 15.9. The fourth-order valence-corrected chi connectivity index (χ4v) is 3.26. The molecule has 1 fully saturated rings. The van der Waals surface area contributed by atoms with Crippen LogP contribution in [0.25, 0.3) is 10.7 Å². The molecule has 1 amide bonds. The highest BCUT2D eigenvalue weighted by Gasteiger charge is 2.20. The Morgan fingerprint density at radius 1 is 1.29 bits per heavy atom. The molecule has 112 valence electrons. The van der Waals surface area contributed by atoms with Crippen LogP contribution in [0.2, 0.25) is 0 Å². The Morgan fingerprint density at radius 3 is 2.71 bits per heavy atom. The van der Waals surface area contributed by atoms with Crippen molar-refractivity contribution in [3.63, 3.8) is 0 Å². The topological polar surface area (TPSA) is 68.3 Å². The number of carbonyl (C=O) groups is 1. The zero-order valence-corrected chi connectivity index (χ0v) is 12.5. The maximum atomic E-state index is 12.4. The van der Waals surface area contributed by atoms with Crippen molar-refractivity contribution in [2.24, 2.45) is 0 Å². The highest BCUT2D eigenvalue weighted by molar-refractivity contribution is 7.13. The Hall–Kier alpha value is -1.89. The van der Waals surface area contributed by atoms with E-state index in [-0.39, 0.29) is 12.5 Å². The lowest BCUT2D eigenvalue weighted by molar-refractivity contribution is -0.131. The molecular weight excluding hydrogens is 290 g/mol. The van der Waals surface area contributed by atoms with E-state index in [2.05, 4.69) is 5.16 Å². The minimum atomic E-state index is -0.582. The van der Waals surface area contributed by atoms with E-state index >= 15 is 0 Å². The zero-order valence-electron chi connectivity index (χ0n) is 11.7. The number of thiophene rings is 1. The molecule has 1 aliphatic heterocycles. The lowest BCUT2D eigenvalue weighted by Crippen LogP contribution is -2.36. The van der Waals surface area contributed by atoms with E-state index in [4.69, 9.17) is 4.52 Å². The molecule has 0 spiro atoms. The monoisotopic (exact) mass is 307 g/mol. The van der Waals surface area contributed by atoms with E-state index in [1.807, 2.05) is 22.4 Å². The van der Waals surface area contributed by atoms with E-state index in [9.17, 15) is 9.59 Å². The number of hydrogen-bond donors (Lipinski definition) is 0. The number of aromatic nitrogens is 2. The van der Waals surface area contributed by atoms with Gasteiger partial charge in [-0.2, -0.15) is 0 Å². The highest BCUT2D eigenvalue weighted by atomic mass is 32.1. The van der Waals surface area contributed by atoms with Crippen LogP contribution in [-0.4, -0.2) is 33.6 Å². The standard InChI is InChI=1S/C14H17N3O3S/c18-12(16-7-3-1-2-4-8-16)10-17-13(15-20-14(17)19)11-6-5-9-21-11/h5-6,9H,1-4,7-8,10H2. The Bertz CT molecular complexity index is 651. The van der Waals surface area contributed by atoms with Gasteiger partial charge in [0.25, 0.3) is 0 Å². The summed E-state index contributed by atoms with van der Waals surface area (Å²) < 4.78 is 6.04. The van der Waals surface area contributed by atoms with Crippen LogP contribution >= 0.6 is 11.3 Å². The van der Waals surface area contributed by atoms with E-state index in [0.717, 1.165) is 43.6 Å². The van der Waals surface area contributed by atoms with Crippen molar-refractivity contribution in [2.75, 3.05) is 13.1 Å². The zero-order chi connectivity index (χ0) is 14.7. The van der Waals surface area contributed by atoms with Gasteiger partial charge in [0, 0.05) is 13.1 Å². The molecule has 2 aromatic heterocycles. The summed E-state index contributed by atoms with van der Waals surface area (Å²) in [6.45, 7) is 1.54. The van der Waals surface area contributed by atoms with Crippen molar-refractivity contribution in [3.8, 4) is 10.7 Å². The van der Waals surface area contributed by atoms with Crippen molar-refractivity contribution >= 4 is 17.2 Å². The molecule has 1 saturated heterocycles. The number of carbonyl (C=O) groups excluding carboxylic acids is 1. The molecule has 3 rings (SSSR count). The van der Waals surface area contributed by atoms with Gasteiger partial charge < -0.3 is 4.90 Å². The molecule has 0 radical (unpaired) electrons. The maximum absolute atomic E-state index is 12.4. The van der Waals surface area contributed by atoms with E-state index < -0.39 is 5.76 Å². The molecule has 0 unspecified atom stereocenters. The smallest absolute Gasteiger partial charge is 0.341 e. The fraction of sp³-hybridized carbons (Fsp3) is 0.500. The van der Waals surface area contributed by atoms with Crippen molar-refractivity contribution in [1.29, 1.82) is 0 Å². The second-order valence-electron chi connectivity index (χ2n) is 5.13. The summed E-state index contributed by atoms with van der Waals surface area (Å²) in [5.41, 5.74) is 0. The fourth-order valence-electron chi connectivity index (χ4n) is 2.55. The van der Waals surface area contributed by atoms with E-state index in [0.29, 0.717) is 5.82 Å². The maximum Gasteiger partial charge on any atom is 0.442 e. The first-order valence-corrected chi connectivity index (χ1v) is 8.02. The van der Waals surface area contributed by atoms with Crippen molar-refractivity contribution in [2.45, 2.75) is 32.2 Å². The number of hydrogen-bond acceptors (Lipinski definition) is 5. The van der Waals surface area contributed by atoms with Gasteiger partial charge in [-0.05, 0) is 24.3 Å². The van der Waals surface area contributed by atoms with Crippen molar-refractivity contribution in [1.82, 2.24) is 14.6 Å². The second-order valence-corrected chi connectivity index (χ2v) is 6.08. The van der Waals surface area contributed by atoms with Gasteiger partial charge in [-0.25, -0.2) is 9.36 Å². The van der Waals surface area contributed by atoms with Crippen LogP contribution in [0.5, 0.6) is 0 Å². The Kier molecular flexibility index (Phi) is 4.19. The van der Waals surface area contributed by atoms with Crippen LogP contribution < -0.4 is 5.76 Å². The van der Waals surface area contributed by atoms with E-state index in [1.165, 1.54) is 15.9 Å². The Labute approximate surface area is 126 Å². The van der Waals surface area contributed by atoms with Gasteiger partial charge in [-0.3, -0.25) is 9.32 Å². The Morgan fingerprint density at radius 2 is 2.05 bits per heavy atom. The van der Waals surface area contributed by atoms with Gasteiger partial charge in [0.2, 0.25) is 5.91 Å². The molecule has 0 saturated carbocycles. The van der Waals surface area contributed by atoms with Crippen LogP contribution in [0, 0.1) is 0 Å². The SMILES string of the molecule is O=C(Cn1c(-c2cccs2)noc1=O)N1CCCCCC1. The van der Waals surface area contributed by atoms with Crippen LogP contribution in [0.3, 0.4) is 0 Å². The summed E-state index contributed by atoms with van der Waals surface area (Å²) in [6.07, 6.45) is 4.39. The first-order valence-electron chi connectivity index (χ1n) is 7.14. The van der Waals surface area contributed by atoms with Gasteiger partial charge in [0.1, 0.15) is 6.54 Å². The minimum absolute atomic E-state index is 0.00440.